The second-order valence-corrected chi connectivity index (χ2v) is 7.65. The fourth-order valence-corrected chi connectivity index (χ4v) is 5.19. The van der Waals surface area contributed by atoms with E-state index in [1.54, 1.807) is 0 Å². The minimum atomic E-state index is 0.280. The third-order valence-corrected chi connectivity index (χ3v) is 6.67. The Labute approximate surface area is 124 Å². The van der Waals surface area contributed by atoms with E-state index in [1.165, 1.54) is 64.5 Å². The molecule has 1 saturated carbocycles. The number of nitrogens with two attached hydrogens (primary N) is 1. The van der Waals surface area contributed by atoms with Gasteiger partial charge in [-0.25, -0.2) is 0 Å². The highest BCUT2D eigenvalue weighted by Gasteiger charge is 2.45. The van der Waals surface area contributed by atoms with Gasteiger partial charge in [-0.1, -0.05) is 19.8 Å². The fourth-order valence-electron chi connectivity index (χ4n) is 5.19. The summed E-state index contributed by atoms with van der Waals surface area (Å²) in [5.41, 5.74) is 6.59. The van der Waals surface area contributed by atoms with E-state index in [9.17, 15) is 0 Å². The van der Waals surface area contributed by atoms with Crippen LogP contribution in [-0.2, 0) is 0 Å². The lowest BCUT2D eigenvalue weighted by Gasteiger charge is -2.53. The number of fused-ring (bicyclic) bond motifs is 1. The van der Waals surface area contributed by atoms with Crippen molar-refractivity contribution in [3.63, 3.8) is 0 Å². The Morgan fingerprint density at radius 2 is 1.95 bits per heavy atom. The van der Waals surface area contributed by atoms with Crippen molar-refractivity contribution in [2.24, 2.45) is 11.7 Å². The van der Waals surface area contributed by atoms with Crippen LogP contribution >= 0.6 is 0 Å². The van der Waals surface area contributed by atoms with Gasteiger partial charge in [0.2, 0.25) is 0 Å². The molecular formula is C17H33N3. The smallest absolute Gasteiger partial charge is 0.0358 e. The third kappa shape index (κ3) is 2.53. The van der Waals surface area contributed by atoms with E-state index in [0.717, 1.165) is 24.5 Å². The summed E-state index contributed by atoms with van der Waals surface area (Å²) in [6, 6.07) is 1.58. The van der Waals surface area contributed by atoms with Crippen molar-refractivity contribution in [3.8, 4) is 0 Å². The lowest BCUT2D eigenvalue weighted by molar-refractivity contribution is -0.0225. The molecule has 4 unspecified atom stereocenters. The largest absolute Gasteiger partial charge is 0.329 e. The van der Waals surface area contributed by atoms with Crippen LogP contribution in [-0.4, -0.2) is 54.1 Å². The molecular weight excluding hydrogens is 246 g/mol. The molecule has 3 fully saturated rings. The molecule has 0 aromatic heterocycles. The molecule has 3 rings (SSSR count). The molecule has 4 atom stereocenters. The van der Waals surface area contributed by atoms with Crippen LogP contribution in [0.4, 0.5) is 0 Å². The zero-order chi connectivity index (χ0) is 14.2. The van der Waals surface area contributed by atoms with Gasteiger partial charge in [-0.2, -0.15) is 0 Å². The lowest BCUT2D eigenvalue weighted by atomic mass is 9.77. The number of likely N-dealkylation sites (N-methyl/N-ethyl adjacent to an activating group) is 1. The van der Waals surface area contributed by atoms with E-state index in [1.807, 2.05) is 0 Å². The summed E-state index contributed by atoms with van der Waals surface area (Å²) in [5, 5.41) is 0. The van der Waals surface area contributed by atoms with Crippen LogP contribution in [0.25, 0.3) is 0 Å². The first-order valence-corrected chi connectivity index (χ1v) is 8.83. The van der Waals surface area contributed by atoms with E-state index in [2.05, 4.69) is 23.8 Å². The maximum absolute atomic E-state index is 6.31. The average molecular weight is 279 g/mol. The minimum Gasteiger partial charge on any atom is -0.329 e. The minimum absolute atomic E-state index is 0.280. The van der Waals surface area contributed by atoms with Crippen molar-refractivity contribution in [1.82, 2.24) is 9.80 Å². The Bertz CT molecular complexity index is 332. The van der Waals surface area contributed by atoms with Crippen LogP contribution in [0.5, 0.6) is 0 Å². The quantitative estimate of drug-likeness (QED) is 0.861. The zero-order valence-corrected chi connectivity index (χ0v) is 13.5. The van der Waals surface area contributed by atoms with Crippen molar-refractivity contribution in [1.29, 1.82) is 0 Å². The Kier molecular flexibility index (Phi) is 4.40. The molecule has 2 aliphatic heterocycles. The van der Waals surface area contributed by atoms with E-state index in [-0.39, 0.29) is 5.54 Å². The number of nitrogens with zero attached hydrogens (tertiary/aromatic N) is 2. The van der Waals surface area contributed by atoms with Crippen LogP contribution in [0.1, 0.15) is 58.3 Å². The van der Waals surface area contributed by atoms with Gasteiger partial charge in [-0.05, 0) is 58.0 Å². The van der Waals surface area contributed by atoms with Gasteiger partial charge < -0.3 is 10.6 Å². The first-order chi connectivity index (χ1) is 9.66. The Morgan fingerprint density at radius 1 is 1.15 bits per heavy atom. The van der Waals surface area contributed by atoms with Gasteiger partial charge in [0.15, 0.2) is 0 Å². The molecule has 20 heavy (non-hydrogen) atoms. The van der Waals surface area contributed by atoms with Crippen molar-refractivity contribution in [3.05, 3.63) is 0 Å². The van der Waals surface area contributed by atoms with Gasteiger partial charge in [0.25, 0.3) is 0 Å². The van der Waals surface area contributed by atoms with Gasteiger partial charge >= 0.3 is 0 Å². The first kappa shape index (κ1) is 14.8. The predicted octanol–water partition coefficient (Wildman–Crippen LogP) is 2.45. The van der Waals surface area contributed by atoms with E-state index < -0.39 is 0 Å². The Hall–Kier alpha value is -0.120. The molecule has 1 aliphatic carbocycles. The molecule has 0 radical (unpaired) electrons. The monoisotopic (exact) mass is 279 g/mol. The molecule has 3 nitrogen and oxygen atoms in total. The van der Waals surface area contributed by atoms with Gasteiger partial charge in [0.1, 0.15) is 0 Å². The maximum atomic E-state index is 6.31. The van der Waals surface area contributed by atoms with Crippen LogP contribution in [0, 0.1) is 5.92 Å². The molecule has 0 aromatic rings. The predicted molar refractivity (Wildman–Crippen MR) is 84.8 cm³/mol. The molecule has 3 heteroatoms. The second kappa shape index (κ2) is 5.94. The number of rotatable bonds is 3. The van der Waals surface area contributed by atoms with E-state index in [0.29, 0.717) is 0 Å². The van der Waals surface area contributed by atoms with Crippen LogP contribution in [0.3, 0.4) is 0 Å². The zero-order valence-electron chi connectivity index (χ0n) is 13.5. The summed E-state index contributed by atoms with van der Waals surface area (Å²) in [6.07, 6.45) is 11.0. The van der Waals surface area contributed by atoms with Crippen molar-refractivity contribution in [2.45, 2.75) is 75.9 Å². The highest BCUT2D eigenvalue weighted by Crippen LogP contribution is 2.39. The number of hydrogen-bond donors (Lipinski definition) is 1. The molecule has 0 aromatic carbocycles. The standard InChI is InChI=1S/C17H33N3/c1-14-6-3-4-8-16(14)19(2)17(13-18)9-11-20-10-5-7-15(20)12-17/h14-16H,3-13,18H2,1-2H3. The highest BCUT2D eigenvalue weighted by molar-refractivity contribution is 5.03. The molecule has 0 bridgehead atoms. The second-order valence-electron chi connectivity index (χ2n) is 7.65. The normalized spacial score (nSPS) is 42.9. The first-order valence-electron chi connectivity index (χ1n) is 8.83. The Balaban J connectivity index is 1.74. The van der Waals surface area contributed by atoms with Gasteiger partial charge in [-0.15, -0.1) is 0 Å². The Morgan fingerprint density at radius 3 is 2.70 bits per heavy atom. The molecule has 116 valence electrons. The van der Waals surface area contributed by atoms with E-state index >= 15 is 0 Å². The summed E-state index contributed by atoms with van der Waals surface area (Å²) in [7, 11) is 2.38. The molecule has 2 saturated heterocycles. The van der Waals surface area contributed by atoms with Gasteiger partial charge in [0.05, 0.1) is 0 Å². The molecule has 2 N–H and O–H groups in total. The van der Waals surface area contributed by atoms with Crippen molar-refractivity contribution < 1.29 is 0 Å². The number of piperidine rings is 1. The third-order valence-electron chi connectivity index (χ3n) is 6.67. The maximum Gasteiger partial charge on any atom is 0.0358 e. The molecule has 2 heterocycles. The van der Waals surface area contributed by atoms with Crippen LogP contribution < -0.4 is 5.73 Å². The highest BCUT2D eigenvalue weighted by atomic mass is 15.3. The molecule has 3 aliphatic rings. The summed E-state index contributed by atoms with van der Waals surface area (Å²) in [6.45, 7) is 5.90. The van der Waals surface area contributed by atoms with Gasteiger partial charge in [0, 0.05) is 30.7 Å². The van der Waals surface area contributed by atoms with Crippen molar-refractivity contribution >= 4 is 0 Å². The lowest BCUT2D eigenvalue weighted by Crippen LogP contribution is -2.63. The SMILES string of the molecule is CC1CCCCC1N(C)C1(CN)CCN2CCCC2C1. The van der Waals surface area contributed by atoms with Crippen LogP contribution in [0.15, 0.2) is 0 Å². The van der Waals surface area contributed by atoms with Crippen LogP contribution in [0.2, 0.25) is 0 Å². The van der Waals surface area contributed by atoms with Crippen molar-refractivity contribution in [2.75, 3.05) is 26.7 Å². The van der Waals surface area contributed by atoms with Gasteiger partial charge in [-0.3, -0.25) is 4.90 Å². The fraction of sp³-hybridized carbons (Fsp3) is 1.00. The summed E-state index contributed by atoms with van der Waals surface area (Å²) in [5.74, 6) is 0.846. The number of hydrogen-bond acceptors (Lipinski definition) is 3. The summed E-state index contributed by atoms with van der Waals surface area (Å²) < 4.78 is 0. The van der Waals surface area contributed by atoms with E-state index in [4.69, 9.17) is 5.73 Å². The summed E-state index contributed by atoms with van der Waals surface area (Å²) >= 11 is 0. The topological polar surface area (TPSA) is 32.5 Å². The molecule has 0 amide bonds. The summed E-state index contributed by atoms with van der Waals surface area (Å²) in [4.78, 5) is 5.44. The average Bonchev–Trinajstić information content (AvgIpc) is 2.94. The molecule has 0 spiro atoms.